The SMILES string of the molecule is [2H]c1c([2H])c(N(c2ccccc2)c2ccc3c(c2)c2ccccc2n3-c2ccccc2)c([2H])c([2H])c1-c1ccc(-c2ccc(N(c3ccccc3)c3ccccc3)cc2)cc1. The molecule has 57 heavy (non-hydrogen) atoms. The molecule has 0 amide bonds. The smallest absolute Gasteiger partial charge is 0.0645 e. The van der Waals surface area contributed by atoms with E-state index in [1.807, 2.05) is 132 Å². The van der Waals surface area contributed by atoms with E-state index in [0.717, 1.165) is 67.1 Å². The van der Waals surface area contributed by atoms with E-state index in [9.17, 15) is 5.48 Å². The van der Waals surface area contributed by atoms with Gasteiger partial charge in [-0.2, -0.15) is 0 Å². The van der Waals surface area contributed by atoms with Gasteiger partial charge in [0.05, 0.1) is 16.5 Å². The third-order valence-electron chi connectivity index (χ3n) is 10.4. The van der Waals surface area contributed by atoms with Gasteiger partial charge in [0.2, 0.25) is 0 Å². The van der Waals surface area contributed by atoms with Crippen molar-refractivity contribution in [1.82, 2.24) is 4.57 Å². The first kappa shape index (κ1) is 29.7. The Morgan fingerprint density at radius 2 is 0.702 bits per heavy atom. The minimum absolute atomic E-state index is 0.0993. The number of nitrogens with zero attached hydrogens (tertiary/aromatic N) is 3. The van der Waals surface area contributed by atoms with Crippen LogP contribution in [0.5, 0.6) is 0 Å². The zero-order valence-corrected chi connectivity index (χ0v) is 31.0. The van der Waals surface area contributed by atoms with Crippen molar-refractivity contribution in [3.8, 4) is 27.9 Å². The quantitative estimate of drug-likeness (QED) is 0.146. The van der Waals surface area contributed by atoms with Crippen molar-refractivity contribution in [3.63, 3.8) is 0 Å². The van der Waals surface area contributed by atoms with Gasteiger partial charge in [0.25, 0.3) is 0 Å². The van der Waals surface area contributed by atoms with Gasteiger partial charge in [-0.3, -0.25) is 0 Å². The van der Waals surface area contributed by atoms with Crippen LogP contribution in [0.3, 0.4) is 0 Å². The summed E-state index contributed by atoms with van der Waals surface area (Å²) in [5, 5.41) is 2.09. The molecular weight excluding hydrogens is 691 g/mol. The Labute approximate surface area is 339 Å². The maximum atomic E-state index is 9.48. The van der Waals surface area contributed by atoms with Gasteiger partial charge in [-0.15, -0.1) is 0 Å². The van der Waals surface area contributed by atoms with Gasteiger partial charge in [-0.1, -0.05) is 139 Å². The Hall–Kier alpha value is -7.62. The summed E-state index contributed by atoms with van der Waals surface area (Å²) in [4.78, 5) is 4.07. The van der Waals surface area contributed by atoms with Crippen LogP contribution < -0.4 is 9.80 Å². The van der Waals surface area contributed by atoms with Gasteiger partial charge in [-0.25, -0.2) is 0 Å². The number of fused-ring (bicyclic) bond motifs is 3. The normalized spacial score (nSPS) is 12.1. The summed E-state index contributed by atoms with van der Waals surface area (Å²) in [5.41, 5.74) is 10.8. The van der Waals surface area contributed by atoms with Crippen molar-refractivity contribution in [1.29, 1.82) is 0 Å². The van der Waals surface area contributed by atoms with E-state index in [4.69, 9.17) is 0 Å². The average molecular weight is 734 g/mol. The van der Waals surface area contributed by atoms with Gasteiger partial charge < -0.3 is 14.4 Å². The van der Waals surface area contributed by atoms with Crippen LogP contribution in [0.15, 0.2) is 236 Å². The highest BCUT2D eigenvalue weighted by Crippen LogP contribution is 2.41. The molecule has 0 aliphatic heterocycles. The zero-order valence-electron chi connectivity index (χ0n) is 35.0. The molecule has 0 atom stereocenters. The van der Waals surface area contributed by atoms with Crippen LogP contribution in [0.4, 0.5) is 34.1 Å². The van der Waals surface area contributed by atoms with Crippen molar-refractivity contribution in [2.24, 2.45) is 0 Å². The molecule has 0 saturated heterocycles. The molecule has 9 aromatic carbocycles. The Kier molecular flexibility index (Phi) is 7.76. The molecular formula is C54H39N3. The highest BCUT2D eigenvalue weighted by molar-refractivity contribution is 6.10. The average Bonchev–Trinajstić information content (AvgIpc) is 3.65. The van der Waals surface area contributed by atoms with Crippen LogP contribution in [0.2, 0.25) is 0 Å². The molecule has 1 aromatic heterocycles. The monoisotopic (exact) mass is 733 g/mol. The highest BCUT2D eigenvalue weighted by Gasteiger charge is 2.18. The van der Waals surface area contributed by atoms with Gasteiger partial charge in [0.15, 0.2) is 0 Å². The summed E-state index contributed by atoms with van der Waals surface area (Å²) in [6.07, 6.45) is 0. The van der Waals surface area contributed by atoms with Crippen LogP contribution in [0.25, 0.3) is 49.7 Å². The Morgan fingerprint density at radius 3 is 1.26 bits per heavy atom. The number of rotatable bonds is 9. The minimum atomic E-state index is -0.118. The first-order valence-corrected chi connectivity index (χ1v) is 19.1. The molecule has 0 bridgehead atoms. The molecule has 0 fully saturated rings. The van der Waals surface area contributed by atoms with Gasteiger partial charge >= 0.3 is 0 Å². The number of para-hydroxylation sites is 5. The van der Waals surface area contributed by atoms with E-state index in [-0.39, 0.29) is 35.4 Å². The molecule has 1 heterocycles. The Balaban J connectivity index is 1.02. The lowest BCUT2D eigenvalue weighted by atomic mass is 9.99. The van der Waals surface area contributed by atoms with Crippen LogP contribution in [-0.4, -0.2) is 4.57 Å². The predicted octanol–water partition coefficient (Wildman–Crippen LogP) is 15.1. The van der Waals surface area contributed by atoms with Crippen molar-refractivity contribution < 1.29 is 5.48 Å². The molecule has 0 N–H and O–H groups in total. The van der Waals surface area contributed by atoms with Crippen molar-refractivity contribution >= 4 is 55.9 Å². The molecule has 3 heteroatoms. The first-order valence-electron chi connectivity index (χ1n) is 21.1. The fourth-order valence-electron chi connectivity index (χ4n) is 7.74. The zero-order chi connectivity index (χ0) is 41.5. The van der Waals surface area contributed by atoms with Crippen LogP contribution in [-0.2, 0) is 0 Å². The maximum absolute atomic E-state index is 9.48. The molecule has 3 nitrogen and oxygen atoms in total. The second-order valence-electron chi connectivity index (χ2n) is 13.9. The summed E-state index contributed by atoms with van der Waals surface area (Å²) in [7, 11) is 0. The lowest BCUT2D eigenvalue weighted by Crippen LogP contribution is -2.09. The van der Waals surface area contributed by atoms with Crippen molar-refractivity contribution in [3.05, 3.63) is 236 Å². The fraction of sp³-hybridized carbons (Fsp3) is 0. The number of benzene rings is 9. The summed E-state index contributed by atoms with van der Waals surface area (Å²) in [6, 6.07) is 70.7. The van der Waals surface area contributed by atoms with Crippen LogP contribution in [0, 0.1) is 0 Å². The number of hydrogen-bond donors (Lipinski definition) is 0. The molecule has 0 aliphatic carbocycles. The van der Waals surface area contributed by atoms with E-state index < -0.39 is 0 Å². The van der Waals surface area contributed by atoms with E-state index in [1.54, 1.807) is 0 Å². The van der Waals surface area contributed by atoms with E-state index in [2.05, 4.69) is 94.4 Å². The van der Waals surface area contributed by atoms with Crippen molar-refractivity contribution in [2.75, 3.05) is 9.80 Å². The minimum Gasteiger partial charge on any atom is -0.311 e. The van der Waals surface area contributed by atoms with Crippen LogP contribution in [0.1, 0.15) is 5.48 Å². The van der Waals surface area contributed by atoms with E-state index in [0.29, 0.717) is 5.56 Å². The standard InChI is InChI=1S/C54H39N3/c1-5-15-44(16-6-1)55(45-17-7-2-8-18-45)48-33-29-42(30-34-48)40-25-27-41(28-26-40)43-31-35-49(36-32-43)56(46-19-9-3-10-20-46)50-37-38-54-52(39-50)51-23-13-14-24-53(51)57(54)47-21-11-4-12-22-47/h1-39H/i31D,32D,35D,36D. The molecule has 10 aromatic rings. The molecule has 0 unspecified atom stereocenters. The van der Waals surface area contributed by atoms with Gasteiger partial charge in [0.1, 0.15) is 0 Å². The highest BCUT2D eigenvalue weighted by atomic mass is 15.1. The number of anilines is 6. The molecule has 10 rings (SSSR count). The number of hydrogen-bond acceptors (Lipinski definition) is 2. The largest absolute Gasteiger partial charge is 0.311 e. The number of aromatic nitrogens is 1. The molecule has 0 saturated carbocycles. The maximum Gasteiger partial charge on any atom is 0.0645 e. The molecule has 0 spiro atoms. The van der Waals surface area contributed by atoms with Gasteiger partial charge in [0, 0.05) is 50.6 Å². The fourth-order valence-corrected chi connectivity index (χ4v) is 7.74. The van der Waals surface area contributed by atoms with E-state index in [1.165, 1.54) is 0 Å². The summed E-state index contributed by atoms with van der Waals surface area (Å²) >= 11 is 0. The van der Waals surface area contributed by atoms with Crippen LogP contribution >= 0.6 is 0 Å². The summed E-state index contributed by atoms with van der Waals surface area (Å²) in [5.74, 6) is 0. The predicted molar refractivity (Wildman–Crippen MR) is 241 cm³/mol. The summed E-state index contributed by atoms with van der Waals surface area (Å²) < 4.78 is 39.9. The topological polar surface area (TPSA) is 11.4 Å². The second-order valence-corrected chi connectivity index (χ2v) is 13.9. The summed E-state index contributed by atoms with van der Waals surface area (Å²) in [6.45, 7) is 0. The first-order chi connectivity index (χ1) is 30.0. The molecule has 270 valence electrons. The Morgan fingerprint density at radius 1 is 0.298 bits per heavy atom. The van der Waals surface area contributed by atoms with Crippen molar-refractivity contribution in [2.45, 2.75) is 0 Å². The van der Waals surface area contributed by atoms with Gasteiger partial charge in [-0.05, 0) is 119 Å². The molecule has 0 aliphatic rings. The third-order valence-corrected chi connectivity index (χ3v) is 10.4. The third kappa shape index (κ3) is 6.52. The lowest BCUT2D eigenvalue weighted by molar-refractivity contribution is 1.18. The lowest BCUT2D eigenvalue weighted by Gasteiger charge is -2.26. The molecule has 0 radical (unpaired) electrons. The van der Waals surface area contributed by atoms with E-state index >= 15 is 0 Å². The second kappa shape index (κ2) is 14.9. The Bertz CT molecular complexity index is 3090.